The van der Waals surface area contributed by atoms with Crippen LogP contribution >= 0.6 is 0 Å². The fourth-order valence-electron chi connectivity index (χ4n) is 1.76. The largest absolute Gasteiger partial charge is 0.347 e. The van der Waals surface area contributed by atoms with Crippen LogP contribution in [0.15, 0.2) is 24.3 Å². The van der Waals surface area contributed by atoms with Crippen molar-refractivity contribution in [2.75, 3.05) is 11.9 Å². The van der Waals surface area contributed by atoms with E-state index in [0.717, 1.165) is 18.5 Å². The molecule has 0 fully saturated rings. The lowest BCUT2D eigenvalue weighted by molar-refractivity contribution is -0.124. The van der Waals surface area contributed by atoms with Crippen molar-refractivity contribution in [3.05, 3.63) is 29.8 Å². The fraction of sp³-hybridized carbons (Fsp3) is 0.500. The quantitative estimate of drug-likeness (QED) is 0.804. The summed E-state index contributed by atoms with van der Waals surface area (Å²) in [6.45, 7) is 6.30. The molecule has 2 amide bonds. The van der Waals surface area contributed by atoms with Crippen molar-refractivity contribution in [2.24, 2.45) is 0 Å². The Kier molecular flexibility index (Phi) is 6.77. The van der Waals surface area contributed by atoms with Crippen molar-refractivity contribution < 1.29 is 9.59 Å². The highest BCUT2D eigenvalue weighted by Crippen LogP contribution is 2.16. The molecule has 2 N–H and O–H groups in total. The van der Waals surface area contributed by atoms with Crippen LogP contribution in [0.1, 0.15) is 51.5 Å². The number of benzene rings is 1. The van der Waals surface area contributed by atoms with E-state index < -0.39 is 0 Å². The summed E-state index contributed by atoms with van der Waals surface area (Å²) in [5, 5.41) is 5.38. The van der Waals surface area contributed by atoms with Gasteiger partial charge in [0, 0.05) is 12.1 Å². The predicted molar refractivity (Wildman–Crippen MR) is 81.7 cm³/mol. The third-order valence-electron chi connectivity index (χ3n) is 3.06. The molecule has 0 saturated heterocycles. The van der Waals surface area contributed by atoms with Gasteiger partial charge < -0.3 is 10.6 Å². The van der Waals surface area contributed by atoms with Crippen molar-refractivity contribution in [3.63, 3.8) is 0 Å². The lowest BCUT2D eigenvalue weighted by atomic mass is 10.0. The average molecular weight is 276 g/mol. The Hall–Kier alpha value is -1.84. The molecule has 0 heterocycles. The number of unbranched alkanes of at least 4 members (excludes halogenated alkanes) is 1. The van der Waals surface area contributed by atoms with Gasteiger partial charge in [-0.3, -0.25) is 9.59 Å². The summed E-state index contributed by atoms with van der Waals surface area (Å²) in [6, 6.07) is 7.76. The zero-order chi connectivity index (χ0) is 15.0. The first-order chi connectivity index (χ1) is 9.52. The van der Waals surface area contributed by atoms with Gasteiger partial charge in [0.1, 0.15) is 0 Å². The minimum absolute atomic E-state index is 0.0223. The van der Waals surface area contributed by atoms with Gasteiger partial charge in [0.25, 0.3) is 0 Å². The van der Waals surface area contributed by atoms with E-state index in [1.165, 1.54) is 5.56 Å². The predicted octanol–water partition coefficient (Wildman–Crippen LogP) is 3.05. The molecule has 0 aromatic heterocycles. The minimum atomic E-state index is -0.202. The number of hydrogen-bond acceptors (Lipinski definition) is 2. The summed E-state index contributed by atoms with van der Waals surface area (Å²) in [4.78, 5) is 23.1. The first-order valence-electron chi connectivity index (χ1n) is 7.19. The first kappa shape index (κ1) is 16.2. The normalized spacial score (nSPS) is 10.4. The SMILES string of the molecule is CCCCC(=O)NCC(=O)Nc1ccc(C(C)C)cc1. The maximum Gasteiger partial charge on any atom is 0.243 e. The maximum absolute atomic E-state index is 11.7. The Morgan fingerprint density at radius 2 is 1.75 bits per heavy atom. The number of carbonyl (C=O) groups is 2. The molecule has 0 saturated carbocycles. The smallest absolute Gasteiger partial charge is 0.243 e. The van der Waals surface area contributed by atoms with E-state index in [1.54, 1.807) is 0 Å². The van der Waals surface area contributed by atoms with Crippen molar-refractivity contribution in [2.45, 2.75) is 46.0 Å². The third kappa shape index (κ3) is 5.87. The van der Waals surface area contributed by atoms with Gasteiger partial charge >= 0.3 is 0 Å². The molecule has 0 spiro atoms. The van der Waals surface area contributed by atoms with E-state index in [0.29, 0.717) is 12.3 Å². The minimum Gasteiger partial charge on any atom is -0.347 e. The topological polar surface area (TPSA) is 58.2 Å². The molecule has 0 atom stereocenters. The van der Waals surface area contributed by atoms with E-state index >= 15 is 0 Å². The molecule has 0 aliphatic heterocycles. The second-order valence-electron chi connectivity index (χ2n) is 5.21. The van der Waals surface area contributed by atoms with Gasteiger partial charge in [-0.25, -0.2) is 0 Å². The summed E-state index contributed by atoms with van der Waals surface area (Å²) in [5.41, 5.74) is 1.98. The number of hydrogen-bond donors (Lipinski definition) is 2. The number of rotatable bonds is 7. The Morgan fingerprint density at radius 1 is 1.10 bits per heavy atom. The number of amides is 2. The zero-order valence-corrected chi connectivity index (χ0v) is 12.5. The van der Waals surface area contributed by atoms with E-state index in [1.807, 2.05) is 31.2 Å². The number of carbonyl (C=O) groups excluding carboxylic acids is 2. The standard InChI is InChI=1S/C16H24N2O2/c1-4-5-6-15(19)17-11-16(20)18-14-9-7-13(8-10-14)12(2)3/h7-10,12H,4-6,11H2,1-3H3,(H,17,19)(H,18,20). The summed E-state index contributed by atoms with van der Waals surface area (Å²) < 4.78 is 0. The first-order valence-corrected chi connectivity index (χ1v) is 7.19. The molecule has 1 aromatic rings. The fourth-order valence-corrected chi connectivity index (χ4v) is 1.76. The van der Waals surface area contributed by atoms with Gasteiger partial charge in [0.15, 0.2) is 0 Å². The van der Waals surface area contributed by atoms with Crippen LogP contribution in [-0.4, -0.2) is 18.4 Å². The summed E-state index contributed by atoms with van der Waals surface area (Å²) in [5.74, 6) is 0.196. The van der Waals surface area contributed by atoms with Crippen LogP contribution in [-0.2, 0) is 9.59 Å². The third-order valence-corrected chi connectivity index (χ3v) is 3.06. The Morgan fingerprint density at radius 3 is 2.30 bits per heavy atom. The van der Waals surface area contributed by atoms with E-state index in [2.05, 4.69) is 24.5 Å². The van der Waals surface area contributed by atoms with Crippen molar-refractivity contribution in [1.82, 2.24) is 5.32 Å². The molecule has 0 radical (unpaired) electrons. The molecule has 0 bridgehead atoms. The summed E-state index contributed by atoms with van der Waals surface area (Å²) in [6.07, 6.45) is 2.30. The van der Waals surface area contributed by atoms with Crippen LogP contribution < -0.4 is 10.6 Å². The lowest BCUT2D eigenvalue weighted by Crippen LogP contribution is -2.32. The molecular formula is C16H24N2O2. The van der Waals surface area contributed by atoms with Gasteiger partial charge in [-0.1, -0.05) is 39.3 Å². The van der Waals surface area contributed by atoms with Crippen molar-refractivity contribution >= 4 is 17.5 Å². The monoisotopic (exact) mass is 276 g/mol. The van der Waals surface area contributed by atoms with Gasteiger partial charge in [0.05, 0.1) is 6.54 Å². The molecule has 0 aliphatic carbocycles. The average Bonchev–Trinajstić information content (AvgIpc) is 2.43. The molecule has 110 valence electrons. The molecule has 4 heteroatoms. The molecule has 1 rings (SSSR count). The van der Waals surface area contributed by atoms with E-state index in [9.17, 15) is 9.59 Å². The molecule has 20 heavy (non-hydrogen) atoms. The van der Waals surface area contributed by atoms with Crippen molar-refractivity contribution in [3.8, 4) is 0 Å². The molecular weight excluding hydrogens is 252 g/mol. The van der Waals surface area contributed by atoms with Crippen LogP contribution in [0.25, 0.3) is 0 Å². The highest BCUT2D eigenvalue weighted by atomic mass is 16.2. The van der Waals surface area contributed by atoms with Gasteiger partial charge in [-0.2, -0.15) is 0 Å². The maximum atomic E-state index is 11.7. The molecule has 0 aliphatic rings. The molecule has 1 aromatic carbocycles. The van der Waals surface area contributed by atoms with Gasteiger partial charge in [0.2, 0.25) is 11.8 Å². The van der Waals surface area contributed by atoms with Crippen LogP contribution in [0.4, 0.5) is 5.69 Å². The van der Waals surface area contributed by atoms with Crippen LogP contribution in [0, 0.1) is 0 Å². The number of anilines is 1. The van der Waals surface area contributed by atoms with Crippen LogP contribution in [0.3, 0.4) is 0 Å². The summed E-state index contributed by atoms with van der Waals surface area (Å²) in [7, 11) is 0. The van der Waals surface area contributed by atoms with Crippen LogP contribution in [0.5, 0.6) is 0 Å². The van der Waals surface area contributed by atoms with Gasteiger partial charge in [-0.15, -0.1) is 0 Å². The molecule has 0 unspecified atom stereocenters. The Balaban J connectivity index is 2.36. The highest BCUT2D eigenvalue weighted by Gasteiger charge is 2.06. The second kappa shape index (κ2) is 8.35. The molecule has 4 nitrogen and oxygen atoms in total. The van der Waals surface area contributed by atoms with Crippen LogP contribution in [0.2, 0.25) is 0 Å². The lowest BCUT2D eigenvalue weighted by Gasteiger charge is -2.09. The Bertz CT molecular complexity index is 438. The number of nitrogens with one attached hydrogen (secondary N) is 2. The zero-order valence-electron chi connectivity index (χ0n) is 12.5. The van der Waals surface area contributed by atoms with E-state index in [4.69, 9.17) is 0 Å². The van der Waals surface area contributed by atoms with Gasteiger partial charge in [-0.05, 0) is 30.0 Å². The second-order valence-corrected chi connectivity index (χ2v) is 5.21. The van der Waals surface area contributed by atoms with E-state index in [-0.39, 0.29) is 18.4 Å². The summed E-state index contributed by atoms with van der Waals surface area (Å²) >= 11 is 0. The Labute approximate surface area is 121 Å². The van der Waals surface area contributed by atoms with Crippen molar-refractivity contribution in [1.29, 1.82) is 0 Å². The highest BCUT2D eigenvalue weighted by molar-refractivity contribution is 5.94.